The first-order valence-corrected chi connectivity index (χ1v) is 9.24. The Morgan fingerprint density at radius 3 is 2.62 bits per heavy atom. The van der Waals surface area contributed by atoms with E-state index < -0.39 is 12.0 Å². The summed E-state index contributed by atoms with van der Waals surface area (Å²) in [7, 11) is 0. The Morgan fingerprint density at radius 2 is 2.00 bits per heavy atom. The lowest BCUT2D eigenvalue weighted by Gasteiger charge is -2.20. The van der Waals surface area contributed by atoms with E-state index in [0.717, 1.165) is 17.5 Å². The number of carboxylic acid groups (broad SMARTS) is 1. The highest BCUT2D eigenvalue weighted by molar-refractivity contribution is 5.80. The van der Waals surface area contributed by atoms with E-state index in [-0.39, 0.29) is 6.61 Å². The Kier molecular flexibility index (Phi) is 6.43. The molecule has 0 saturated carbocycles. The Balaban J connectivity index is 1.90. The molecule has 1 aromatic heterocycles. The van der Waals surface area contributed by atoms with E-state index in [0.29, 0.717) is 22.6 Å². The van der Waals surface area contributed by atoms with Crippen molar-refractivity contribution in [2.75, 3.05) is 5.32 Å². The third-order valence-corrected chi connectivity index (χ3v) is 4.48. The van der Waals surface area contributed by atoms with Crippen LogP contribution >= 0.6 is 0 Å². The Labute approximate surface area is 169 Å². The van der Waals surface area contributed by atoms with Gasteiger partial charge < -0.3 is 15.2 Å². The number of benzene rings is 2. The van der Waals surface area contributed by atoms with Gasteiger partial charge in [0.05, 0.1) is 11.6 Å². The second-order valence-corrected chi connectivity index (χ2v) is 6.48. The standard InChI is InChI=1S/C23H21N3O3/c1-2-16-7-10-21(29-15-18-4-3-11-25-14-18)20(12-16)22(23(27)28)26-19-8-5-17(13-24)6-9-19/h3-12,14,22,26H,2,15H2,1H3,(H,27,28)/t22-/m1/s1. The number of nitrogens with one attached hydrogen (secondary N) is 1. The Morgan fingerprint density at radius 1 is 1.21 bits per heavy atom. The van der Waals surface area contributed by atoms with Gasteiger partial charge >= 0.3 is 5.97 Å². The minimum atomic E-state index is -1.02. The van der Waals surface area contributed by atoms with E-state index in [1.54, 1.807) is 42.7 Å². The molecule has 0 amide bonds. The summed E-state index contributed by atoms with van der Waals surface area (Å²) in [5.41, 5.74) is 3.57. The fourth-order valence-corrected chi connectivity index (χ4v) is 2.90. The lowest BCUT2D eigenvalue weighted by atomic mass is 10.0. The topological polar surface area (TPSA) is 95.2 Å². The number of carbonyl (C=O) groups is 1. The van der Waals surface area contributed by atoms with Gasteiger partial charge in [0.2, 0.25) is 0 Å². The molecule has 0 bridgehead atoms. The van der Waals surface area contributed by atoms with Crippen LogP contribution in [0.3, 0.4) is 0 Å². The summed E-state index contributed by atoms with van der Waals surface area (Å²) in [6.07, 6.45) is 4.18. The number of hydrogen-bond donors (Lipinski definition) is 2. The fraction of sp³-hybridized carbons (Fsp3) is 0.174. The number of carboxylic acids is 1. The van der Waals surface area contributed by atoms with Gasteiger partial charge in [0, 0.05) is 29.2 Å². The second-order valence-electron chi connectivity index (χ2n) is 6.48. The van der Waals surface area contributed by atoms with Crippen LogP contribution in [0.5, 0.6) is 5.75 Å². The van der Waals surface area contributed by atoms with Gasteiger partial charge in [-0.05, 0) is 54.4 Å². The number of hydrogen-bond acceptors (Lipinski definition) is 5. The zero-order valence-corrected chi connectivity index (χ0v) is 16.0. The molecule has 1 heterocycles. The second kappa shape index (κ2) is 9.38. The number of pyridine rings is 1. The number of anilines is 1. The molecule has 0 aliphatic heterocycles. The van der Waals surface area contributed by atoms with Crippen molar-refractivity contribution in [1.82, 2.24) is 4.98 Å². The van der Waals surface area contributed by atoms with Gasteiger partial charge in [0.15, 0.2) is 6.04 Å². The number of aliphatic carboxylic acids is 1. The maximum Gasteiger partial charge on any atom is 0.330 e. The van der Waals surface area contributed by atoms with Crippen LogP contribution in [0.25, 0.3) is 0 Å². The van der Waals surface area contributed by atoms with Crippen molar-refractivity contribution in [1.29, 1.82) is 5.26 Å². The van der Waals surface area contributed by atoms with Crippen molar-refractivity contribution in [2.45, 2.75) is 26.0 Å². The van der Waals surface area contributed by atoms with Gasteiger partial charge in [-0.15, -0.1) is 0 Å². The number of nitrogens with zero attached hydrogens (tertiary/aromatic N) is 2. The van der Waals surface area contributed by atoms with E-state index in [1.165, 1.54) is 0 Å². The molecule has 0 spiro atoms. The summed E-state index contributed by atoms with van der Waals surface area (Å²) in [5, 5.41) is 21.9. The molecule has 0 aliphatic carbocycles. The summed E-state index contributed by atoms with van der Waals surface area (Å²) in [5.74, 6) is -0.520. The predicted octanol–water partition coefficient (Wildman–Crippen LogP) is 4.33. The smallest absolute Gasteiger partial charge is 0.330 e. The van der Waals surface area contributed by atoms with Crippen LogP contribution in [0.4, 0.5) is 5.69 Å². The van der Waals surface area contributed by atoms with E-state index in [9.17, 15) is 9.90 Å². The van der Waals surface area contributed by atoms with Crippen molar-refractivity contribution in [3.8, 4) is 11.8 Å². The van der Waals surface area contributed by atoms with Gasteiger partial charge in [-0.1, -0.05) is 19.1 Å². The quantitative estimate of drug-likeness (QED) is 0.597. The normalized spacial score (nSPS) is 11.3. The van der Waals surface area contributed by atoms with Crippen LogP contribution < -0.4 is 10.1 Å². The molecule has 3 rings (SSSR count). The Bertz CT molecular complexity index is 1010. The van der Waals surface area contributed by atoms with Crippen LogP contribution in [0.15, 0.2) is 67.0 Å². The molecule has 6 heteroatoms. The summed E-state index contributed by atoms with van der Waals surface area (Å²) in [6, 6.07) is 17.0. The first kappa shape index (κ1) is 19.9. The molecule has 0 fully saturated rings. The SMILES string of the molecule is CCc1ccc(OCc2cccnc2)c([C@@H](Nc2ccc(C#N)cc2)C(=O)O)c1. The molecular weight excluding hydrogens is 366 g/mol. The fourth-order valence-electron chi connectivity index (χ4n) is 2.90. The molecule has 146 valence electrons. The highest BCUT2D eigenvalue weighted by Gasteiger charge is 2.24. The van der Waals surface area contributed by atoms with Crippen LogP contribution in [0.1, 0.15) is 35.2 Å². The molecule has 0 aliphatic rings. The van der Waals surface area contributed by atoms with Crippen LogP contribution in [0.2, 0.25) is 0 Å². The first-order chi connectivity index (χ1) is 14.1. The number of aromatic nitrogens is 1. The molecule has 0 radical (unpaired) electrons. The number of rotatable bonds is 8. The summed E-state index contributed by atoms with van der Waals surface area (Å²) in [6.45, 7) is 2.30. The maximum atomic E-state index is 12.1. The molecular formula is C23H21N3O3. The van der Waals surface area contributed by atoms with Gasteiger partial charge in [0.1, 0.15) is 12.4 Å². The number of ether oxygens (including phenoxy) is 1. The predicted molar refractivity (Wildman–Crippen MR) is 110 cm³/mol. The van der Waals surface area contributed by atoms with Crippen molar-refractivity contribution >= 4 is 11.7 Å². The van der Waals surface area contributed by atoms with E-state index in [2.05, 4.69) is 10.3 Å². The van der Waals surface area contributed by atoms with Gasteiger partial charge in [-0.25, -0.2) is 4.79 Å². The molecule has 3 aromatic rings. The van der Waals surface area contributed by atoms with Gasteiger partial charge in [-0.2, -0.15) is 5.26 Å². The molecule has 2 aromatic carbocycles. The third kappa shape index (κ3) is 5.11. The largest absolute Gasteiger partial charge is 0.488 e. The van der Waals surface area contributed by atoms with Crippen LogP contribution in [0, 0.1) is 11.3 Å². The minimum absolute atomic E-state index is 0.287. The van der Waals surface area contributed by atoms with Crippen molar-refractivity contribution < 1.29 is 14.6 Å². The highest BCUT2D eigenvalue weighted by atomic mass is 16.5. The third-order valence-electron chi connectivity index (χ3n) is 4.48. The minimum Gasteiger partial charge on any atom is -0.488 e. The average molecular weight is 387 g/mol. The van der Waals surface area contributed by atoms with E-state index >= 15 is 0 Å². The van der Waals surface area contributed by atoms with Gasteiger partial charge in [-0.3, -0.25) is 4.98 Å². The average Bonchev–Trinajstić information content (AvgIpc) is 2.77. The molecule has 2 N–H and O–H groups in total. The maximum absolute atomic E-state index is 12.1. The van der Waals surface area contributed by atoms with Crippen molar-refractivity contribution in [2.24, 2.45) is 0 Å². The van der Waals surface area contributed by atoms with Crippen molar-refractivity contribution in [3.05, 3.63) is 89.2 Å². The molecule has 6 nitrogen and oxygen atoms in total. The summed E-state index contributed by atoms with van der Waals surface area (Å²) < 4.78 is 5.94. The first-order valence-electron chi connectivity index (χ1n) is 9.24. The van der Waals surface area contributed by atoms with E-state index in [4.69, 9.17) is 10.00 Å². The van der Waals surface area contributed by atoms with Gasteiger partial charge in [0.25, 0.3) is 0 Å². The van der Waals surface area contributed by atoms with Crippen molar-refractivity contribution in [3.63, 3.8) is 0 Å². The molecule has 29 heavy (non-hydrogen) atoms. The molecule has 0 saturated heterocycles. The lowest BCUT2D eigenvalue weighted by molar-refractivity contribution is -0.138. The highest BCUT2D eigenvalue weighted by Crippen LogP contribution is 2.30. The summed E-state index contributed by atoms with van der Waals surface area (Å²) in [4.78, 5) is 16.1. The Hall–Kier alpha value is -3.85. The van der Waals surface area contributed by atoms with E-state index in [1.807, 2.05) is 37.3 Å². The van der Waals surface area contributed by atoms with Crippen LogP contribution in [-0.4, -0.2) is 16.1 Å². The number of aryl methyl sites for hydroxylation is 1. The lowest BCUT2D eigenvalue weighted by Crippen LogP contribution is -2.21. The van der Waals surface area contributed by atoms with Crippen LogP contribution in [-0.2, 0) is 17.8 Å². The summed E-state index contributed by atoms with van der Waals surface area (Å²) >= 11 is 0. The monoisotopic (exact) mass is 387 g/mol. The molecule has 0 unspecified atom stereocenters. The zero-order chi connectivity index (χ0) is 20.6. The zero-order valence-electron chi connectivity index (χ0n) is 16.0. The molecule has 1 atom stereocenters. The number of nitriles is 1.